The van der Waals surface area contributed by atoms with Crippen molar-refractivity contribution >= 4 is 34.4 Å². The SMILES string of the molecule is CSc1ccccc1C(=O)O[C@H](C)C(=O)c1c[nH]c2ccccc12. The number of carbonyl (C=O) groups excluding carboxylic acids is 2. The second kappa shape index (κ2) is 6.93. The third-order valence-electron chi connectivity index (χ3n) is 3.83. The molecule has 3 aromatic rings. The van der Waals surface area contributed by atoms with Crippen molar-refractivity contribution in [3.63, 3.8) is 0 Å². The fraction of sp³-hybridized carbons (Fsp3) is 0.158. The maximum atomic E-state index is 12.6. The molecule has 24 heavy (non-hydrogen) atoms. The highest BCUT2D eigenvalue weighted by atomic mass is 32.2. The van der Waals surface area contributed by atoms with Gasteiger partial charge in [0, 0.05) is 27.6 Å². The van der Waals surface area contributed by atoms with Crippen molar-refractivity contribution in [2.24, 2.45) is 0 Å². The van der Waals surface area contributed by atoms with E-state index >= 15 is 0 Å². The molecule has 0 amide bonds. The molecule has 0 aliphatic carbocycles. The van der Waals surface area contributed by atoms with Crippen molar-refractivity contribution in [3.8, 4) is 0 Å². The molecule has 0 saturated heterocycles. The van der Waals surface area contributed by atoms with Crippen molar-refractivity contribution in [1.82, 2.24) is 4.98 Å². The van der Waals surface area contributed by atoms with Crippen molar-refractivity contribution in [2.45, 2.75) is 17.9 Å². The van der Waals surface area contributed by atoms with Crippen molar-refractivity contribution < 1.29 is 14.3 Å². The lowest BCUT2D eigenvalue weighted by Gasteiger charge is -2.13. The summed E-state index contributed by atoms with van der Waals surface area (Å²) >= 11 is 1.47. The summed E-state index contributed by atoms with van der Waals surface area (Å²) in [7, 11) is 0. The van der Waals surface area contributed by atoms with Crippen LogP contribution in [0.25, 0.3) is 10.9 Å². The largest absolute Gasteiger partial charge is 0.451 e. The molecule has 3 rings (SSSR count). The van der Waals surface area contributed by atoms with E-state index in [1.54, 1.807) is 25.3 Å². The van der Waals surface area contributed by atoms with Gasteiger partial charge in [0.05, 0.1) is 5.56 Å². The lowest BCUT2D eigenvalue weighted by atomic mass is 10.1. The maximum absolute atomic E-state index is 12.6. The minimum Gasteiger partial charge on any atom is -0.451 e. The van der Waals surface area contributed by atoms with E-state index < -0.39 is 12.1 Å². The Morgan fingerprint density at radius 2 is 1.75 bits per heavy atom. The van der Waals surface area contributed by atoms with Crippen LogP contribution in [0.15, 0.2) is 59.6 Å². The van der Waals surface area contributed by atoms with Gasteiger partial charge in [-0.1, -0.05) is 30.3 Å². The average molecular weight is 339 g/mol. The fourth-order valence-electron chi connectivity index (χ4n) is 2.59. The van der Waals surface area contributed by atoms with Crippen LogP contribution < -0.4 is 0 Å². The Labute approximate surface area is 144 Å². The normalized spacial score (nSPS) is 12.1. The number of para-hydroxylation sites is 1. The quantitative estimate of drug-likeness (QED) is 0.427. The molecule has 0 saturated carbocycles. The van der Waals surface area contributed by atoms with Crippen LogP contribution in [0.1, 0.15) is 27.6 Å². The van der Waals surface area contributed by atoms with Gasteiger partial charge in [0.2, 0.25) is 5.78 Å². The second-order valence-electron chi connectivity index (χ2n) is 5.36. The molecule has 122 valence electrons. The second-order valence-corrected chi connectivity index (χ2v) is 6.21. The highest BCUT2D eigenvalue weighted by molar-refractivity contribution is 7.98. The van der Waals surface area contributed by atoms with Gasteiger partial charge < -0.3 is 9.72 Å². The number of hydrogen-bond acceptors (Lipinski definition) is 4. The monoisotopic (exact) mass is 339 g/mol. The summed E-state index contributed by atoms with van der Waals surface area (Å²) in [6, 6.07) is 14.7. The Kier molecular flexibility index (Phi) is 4.71. The highest BCUT2D eigenvalue weighted by Gasteiger charge is 2.23. The minimum absolute atomic E-state index is 0.220. The molecule has 2 aromatic carbocycles. The highest BCUT2D eigenvalue weighted by Crippen LogP contribution is 2.23. The number of H-pyrrole nitrogens is 1. The van der Waals surface area contributed by atoms with E-state index in [1.807, 2.05) is 42.7 Å². The number of fused-ring (bicyclic) bond motifs is 1. The van der Waals surface area contributed by atoms with Crippen LogP contribution in [0.3, 0.4) is 0 Å². The number of ketones is 1. The number of esters is 1. The summed E-state index contributed by atoms with van der Waals surface area (Å²) in [5, 5.41) is 0.829. The molecule has 0 unspecified atom stereocenters. The molecule has 0 radical (unpaired) electrons. The summed E-state index contributed by atoms with van der Waals surface area (Å²) < 4.78 is 5.40. The fourth-order valence-corrected chi connectivity index (χ4v) is 3.17. The van der Waals surface area contributed by atoms with Gasteiger partial charge in [0.1, 0.15) is 0 Å². The number of nitrogens with one attached hydrogen (secondary N) is 1. The number of aromatic amines is 1. The van der Waals surface area contributed by atoms with Crippen LogP contribution in [-0.4, -0.2) is 29.1 Å². The predicted octanol–water partition coefficient (Wildman–Crippen LogP) is 4.32. The zero-order valence-electron chi connectivity index (χ0n) is 13.4. The Hall–Kier alpha value is -2.53. The Balaban J connectivity index is 1.80. The predicted molar refractivity (Wildman–Crippen MR) is 95.7 cm³/mol. The van der Waals surface area contributed by atoms with Crippen LogP contribution in [0.5, 0.6) is 0 Å². The number of ether oxygens (including phenoxy) is 1. The molecule has 1 aromatic heterocycles. The van der Waals surface area contributed by atoms with E-state index in [0.29, 0.717) is 11.1 Å². The average Bonchev–Trinajstić information content (AvgIpc) is 3.04. The van der Waals surface area contributed by atoms with Crippen LogP contribution in [0, 0.1) is 0 Å². The van der Waals surface area contributed by atoms with E-state index in [4.69, 9.17) is 4.74 Å². The summed E-state index contributed by atoms with van der Waals surface area (Å²) in [4.78, 5) is 28.9. The molecule has 0 bridgehead atoms. The summed E-state index contributed by atoms with van der Waals surface area (Å²) in [5.41, 5.74) is 1.89. The first-order chi connectivity index (χ1) is 11.6. The molecule has 0 fully saturated rings. The standard InChI is InChI=1S/C19H17NO3S/c1-12(23-19(22)14-8-4-6-10-17(14)24-2)18(21)15-11-20-16-9-5-3-7-13(15)16/h3-12,20H,1-2H3/t12-/m1/s1. The summed E-state index contributed by atoms with van der Waals surface area (Å²) in [6.07, 6.45) is 2.70. The topological polar surface area (TPSA) is 59.2 Å². The third kappa shape index (κ3) is 3.08. The minimum atomic E-state index is -0.855. The number of thioether (sulfide) groups is 1. The van der Waals surface area contributed by atoms with Crippen LogP contribution in [0.2, 0.25) is 0 Å². The molecule has 1 atom stereocenters. The lowest BCUT2D eigenvalue weighted by molar-refractivity contribution is 0.0316. The van der Waals surface area contributed by atoms with Gasteiger partial charge in [-0.2, -0.15) is 0 Å². The molecule has 1 N–H and O–H groups in total. The van der Waals surface area contributed by atoms with Crippen LogP contribution in [0.4, 0.5) is 0 Å². The number of Topliss-reactive ketones (excluding diaryl/α,β-unsaturated/α-hetero) is 1. The van der Waals surface area contributed by atoms with Gasteiger partial charge in [-0.05, 0) is 31.4 Å². The first kappa shape index (κ1) is 16.3. The molecular weight excluding hydrogens is 322 g/mol. The number of carbonyl (C=O) groups is 2. The number of aromatic nitrogens is 1. The Bertz CT molecular complexity index is 900. The van der Waals surface area contributed by atoms with Gasteiger partial charge in [-0.15, -0.1) is 11.8 Å². The van der Waals surface area contributed by atoms with Crippen molar-refractivity contribution in [3.05, 3.63) is 65.9 Å². The van der Waals surface area contributed by atoms with E-state index in [-0.39, 0.29) is 5.78 Å². The number of benzene rings is 2. The lowest BCUT2D eigenvalue weighted by Crippen LogP contribution is -2.24. The maximum Gasteiger partial charge on any atom is 0.339 e. The van der Waals surface area contributed by atoms with E-state index in [0.717, 1.165) is 15.8 Å². The molecule has 1 heterocycles. The van der Waals surface area contributed by atoms with E-state index in [9.17, 15) is 9.59 Å². The number of rotatable bonds is 5. The van der Waals surface area contributed by atoms with Gasteiger partial charge in [0.15, 0.2) is 6.10 Å². The molecule has 0 aliphatic heterocycles. The Morgan fingerprint density at radius 1 is 1.04 bits per heavy atom. The van der Waals surface area contributed by atoms with Gasteiger partial charge >= 0.3 is 5.97 Å². The first-order valence-electron chi connectivity index (χ1n) is 7.56. The van der Waals surface area contributed by atoms with Crippen molar-refractivity contribution in [2.75, 3.05) is 6.26 Å². The Morgan fingerprint density at radius 3 is 2.54 bits per heavy atom. The molecule has 0 aliphatic rings. The van der Waals surface area contributed by atoms with E-state index in [1.165, 1.54) is 11.8 Å². The molecule has 5 heteroatoms. The third-order valence-corrected chi connectivity index (χ3v) is 4.63. The van der Waals surface area contributed by atoms with Gasteiger partial charge in [-0.3, -0.25) is 4.79 Å². The van der Waals surface area contributed by atoms with Gasteiger partial charge in [-0.25, -0.2) is 4.79 Å². The zero-order chi connectivity index (χ0) is 17.1. The summed E-state index contributed by atoms with van der Waals surface area (Å²) in [5.74, 6) is -0.705. The van der Waals surface area contributed by atoms with Crippen LogP contribution >= 0.6 is 11.8 Å². The smallest absolute Gasteiger partial charge is 0.339 e. The first-order valence-corrected chi connectivity index (χ1v) is 8.78. The van der Waals surface area contributed by atoms with E-state index in [2.05, 4.69) is 4.98 Å². The van der Waals surface area contributed by atoms with Crippen LogP contribution in [-0.2, 0) is 4.74 Å². The number of hydrogen-bond donors (Lipinski definition) is 1. The molecular formula is C19H17NO3S. The molecule has 4 nitrogen and oxygen atoms in total. The molecule has 0 spiro atoms. The van der Waals surface area contributed by atoms with Gasteiger partial charge in [0.25, 0.3) is 0 Å². The zero-order valence-corrected chi connectivity index (χ0v) is 14.2. The summed E-state index contributed by atoms with van der Waals surface area (Å²) in [6.45, 7) is 1.60. The van der Waals surface area contributed by atoms with Crippen molar-refractivity contribution in [1.29, 1.82) is 0 Å².